The molecule has 3 heterocycles. The number of hydrogen-bond donors (Lipinski definition) is 1. The Kier molecular flexibility index (Phi) is 4.22. The van der Waals surface area contributed by atoms with E-state index in [9.17, 15) is 0 Å². The van der Waals surface area contributed by atoms with Crippen LogP contribution in [0.2, 0.25) is 0 Å². The van der Waals surface area contributed by atoms with Gasteiger partial charge in [0.25, 0.3) is 0 Å². The Bertz CT molecular complexity index is 1110. The highest BCUT2D eigenvalue weighted by atomic mass is 32.1. The average Bonchev–Trinajstić information content (AvgIpc) is 3.44. The number of thiophene rings is 1. The number of anilines is 1. The standard InChI is InChI=1S/C23H19N3OS/c1-27-18-11-9-17(10-12-18)21-14-19(22-8-5-13-28-22)24-23-25-20(15-26(21)23)16-6-3-2-4-7-16/h2-15,21H,1H3,(H,24,25)/t21-/m1/s1. The number of ether oxygens (including phenoxy) is 1. The van der Waals surface area contributed by atoms with Gasteiger partial charge in [0, 0.05) is 11.8 Å². The van der Waals surface area contributed by atoms with E-state index in [-0.39, 0.29) is 6.04 Å². The SMILES string of the molecule is COc1ccc([C@H]2C=C(c3cccs3)Nc3nc(-c4ccccc4)cn32)cc1. The molecule has 0 spiro atoms. The number of allylic oxidation sites excluding steroid dienone is 1. The normalized spacial score (nSPS) is 15.5. The molecule has 0 bridgehead atoms. The van der Waals surface area contributed by atoms with E-state index in [0.717, 1.165) is 28.7 Å². The first-order valence-corrected chi connectivity index (χ1v) is 10.0. The zero-order valence-electron chi connectivity index (χ0n) is 15.4. The molecule has 28 heavy (non-hydrogen) atoms. The lowest BCUT2D eigenvalue weighted by Crippen LogP contribution is -2.18. The van der Waals surface area contributed by atoms with Gasteiger partial charge in [-0.1, -0.05) is 48.5 Å². The largest absolute Gasteiger partial charge is 0.497 e. The molecule has 1 aliphatic heterocycles. The van der Waals surface area contributed by atoms with Gasteiger partial charge in [-0.2, -0.15) is 0 Å². The van der Waals surface area contributed by atoms with Gasteiger partial charge in [0.15, 0.2) is 0 Å². The summed E-state index contributed by atoms with van der Waals surface area (Å²) in [7, 11) is 1.69. The molecule has 0 saturated heterocycles. The van der Waals surface area contributed by atoms with Crippen LogP contribution in [-0.2, 0) is 0 Å². The van der Waals surface area contributed by atoms with Crippen molar-refractivity contribution in [3.8, 4) is 17.0 Å². The summed E-state index contributed by atoms with van der Waals surface area (Å²) in [4.78, 5) is 6.08. The number of hydrogen-bond acceptors (Lipinski definition) is 4. The van der Waals surface area contributed by atoms with Crippen molar-refractivity contribution in [2.45, 2.75) is 6.04 Å². The maximum Gasteiger partial charge on any atom is 0.208 e. The van der Waals surface area contributed by atoms with Crippen molar-refractivity contribution in [1.82, 2.24) is 9.55 Å². The Morgan fingerprint density at radius 1 is 1.00 bits per heavy atom. The number of fused-ring (bicyclic) bond motifs is 1. The quantitative estimate of drug-likeness (QED) is 0.491. The summed E-state index contributed by atoms with van der Waals surface area (Å²) in [5, 5.41) is 5.60. The van der Waals surface area contributed by atoms with Crippen LogP contribution in [0.5, 0.6) is 5.75 Å². The highest BCUT2D eigenvalue weighted by Gasteiger charge is 2.24. The van der Waals surface area contributed by atoms with Gasteiger partial charge in [-0.3, -0.25) is 0 Å². The van der Waals surface area contributed by atoms with Crippen LogP contribution in [0.4, 0.5) is 5.95 Å². The Balaban J connectivity index is 1.61. The third kappa shape index (κ3) is 3.00. The van der Waals surface area contributed by atoms with Crippen LogP contribution in [-0.4, -0.2) is 16.7 Å². The number of aromatic nitrogens is 2. The molecular formula is C23H19N3OS. The summed E-state index contributed by atoms with van der Waals surface area (Å²) >= 11 is 1.72. The summed E-state index contributed by atoms with van der Waals surface area (Å²) < 4.78 is 7.52. The number of nitrogens with one attached hydrogen (secondary N) is 1. The summed E-state index contributed by atoms with van der Waals surface area (Å²) in [6.45, 7) is 0. The van der Waals surface area contributed by atoms with Crippen LogP contribution >= 0.6 is 11.3 Å². The van der Waals surface area contributed by atoms with Crippen molar-refractivity contribution < 1.29 is 4.74 Å². The van der Waals surface area contributed by atoms with Gasteiger partial charge in [-0.05, 0) is 35.2 Å². The van der Waals surface area contributed by atoms with Crippen LogP contribution in [0.3, 0.4) is 0 Å². The average molecular weight is 385 g/mol. The van der Waals surface area contributed by atoms with Gasteiger partial charge in [0.2, 0.25) is 5.95 Å². The van der Waals surface area contributed by atoms with Crippen LogP contribution < -0.4 is 10.1 Å². The number of rotatable bonds is 4. The van der Waals surface area contributed by atoms with E-state index in [1.165, 1.54) is 10.4 Å². The van der Waals surface area contributed by atoms with Crippen LogP contribution in [0, 0.1) is 0 Å². The van der Waals surface area contributed by atoms with Gasteiger partial charge in [0.05, 0.1) is 29.4 Å². The van der Waals surface area contributed by atoms with Gasteiger partial charge >= 0.3 is 0 Å². The molecule has 0 aliphatic carbocycles. The van der Waals surface area contributed by atoms with Crippen molar-refractivity contribution in [1.29, 1.82) is 0 Å². The summed E-state index contributed by atoms with van der Waals surface area (Å²) in [5.74, 6) is 1.71. The lowest BCUT2D eigenvalue weighted by atomic mass is 10.0. The number of imidazole rings is 1. The monoisotopic (exact) mass is 385 g/mol. The Hall–Kier alpha value is -3.31. The molecule has 0 fully saturated rings. The molecule has 4 nitrogen and oxygen atoms in total. The summed E-state index contributed by atoms with van der Waals surface area (Å²) in [6.07, 6.45) is 4.38. The molecule has 0 saturated carbocycles. The molecule has 0 amide bonds. The molecule has 2 aromatic carbocycles. The van der Waals surface area contributed by atoms with E-state index in [0.29, 0.717) is 0 Å². The predicted octanol–water partition coefficient (Wildman–Crippen LogP) is 5.68. The zero-order valence-corrected chi connectivity index (χ0v) is 16.2. The topological polar surface area (TPSA) is 39.1 Å². The second-order valence-electron chi connectivity index (χ2n) is 6.62. The number of nitrogens with zero attached hydrogens (tertiary/aromatic N) is 2. The fraction of sp³-hybridized carbons (Fsp3) is 0.0870. The van der Waals surface area contributed by atoms with Crippen LogP contribution in [0.25, 0.3) is 17.0 Å². The third-order valence-electron chi connectivity index (χ3n) is 4.92. The minimum atomic E-state index is 0.0595. The summed E-state index contributed by atoms with van der Waals surface area (Å²) in [5.41, 5.74) is 4.35. The van der Waals surface area contributed by atoms with Gasteiger partial charge in [-0.15, -0.1) is 11.3 Å². The molecule has 5 rings (SSSR count). The molecular weight excluding hydrogens is 366 g/mol. The van der Waals surface area contributed by atoms with Crippen LogP contribution in [0.15, 0.2) is 84.4 Å². The molecule has 1 aliphatic rings. The zero-order chi connectivity index (χ0) is 18.9. The maximum atomic E-state index is 5.32. The van der Waals surface area contributed by atoms with Crippen molar-refractivity contribution in [3.63, 3.8) is 0 Å². The third-order valence-corrected chi connectivity index (χ3v) is 5.82. The minimum Gasteiger partial charge on any atom is -0.497 e. The fourth-order valence-corrected chi connectivity index (χ4v) is 4.19. The van der Waals surface area contributed by atoms with Crippen molar-refractivity contribution >= 4 is 23.0 Å². The van der Waals surface area contributed by atoms with E-state index in [1.54, 1.807) is 18.4 Å². The lowest BCUT2D eigenvalue weighted by molar-refractivity contribution is 0.414. The van der Waals surface area contributed by atoms with E-state index < -0.39 is 0 Å². The number of benzene rings is 2. The Morgan fingerprint density at radius 2 is 1.82 bits per heavy atom. The van der Waals surface area contributed by atoms with Crippen molar-refractivity contribution in [2.24, 2.45) is 0 Å². The summed E-state index contributed by atoms with van der Waals surface area (Å²) in [6, 6.07) is 22.8. The highest BCUT2D eigenvalue weighted by Crippen LogP contribution is 2.36. The fourth-order valence-electron chi connectivity index (χ4n) is 3.48. The molecule has 138 valence electrons. The molecule has 5 heteroatoms. The first kappa shape index (κ1) is 16.8. The maximum absolute atomic E-state index is 5.32. The first-order valence-electron chi connectivity index (χ1n) is 9.13. The first-order chi connectivity index (χ1) is 13.8. The second-order valence-corrected chi connectivity index (χ2v) is 7.57. The van der Waals surface area contributed by atoms with Crippen molar-refractivity contribution in [2.75, 3.05) is 12.4 Å². The molecule has 0 unspecified atom stereocenters. The predicted molar refractivity (Wildman–Crippen MR) is 115 cm³/mol. The van der Waals surface area contributed by atoms with Crippen LogP contribution in [0.1, 0.15) is 16.5 Å². The minimum absolute atomic E-state index is 0.0595. The second kappa shape index (κ2) is 7.02. The Morgan fingerprint density at radius 3 is 2.54 bits per heavy atom. The molecule has 4 aromatic rings. The van der Waals surface area contributed by atoms with E-state index in [1.807, 2.05) is 30.3 Å². The van der Waals surface area contributed by atoms with Gasteiger partial charge in [0.1, 0.15) is 5.75 Å². The van der Waals surface area contributed by atoms with E-state index in [2.05, 4.69) is 63.9 Å². The van der Waals surface area contributed by atoms with Gasteiger partial charge < -0.3 is 14.6 Å². The van der Waals surface area contributed by atoms with E-state index in [4.69, 9.17) is 9.72 Å². The highest BCUT2D eigenvalue weighted by molar-refractivity contribution is 7.11. The molecule has 0 radical (unpaired) electrons. The molecule has 1 atom stereocenters. The van der Waals surface area contributed by atoms with Gasteiger partial charge in [-0.25, -0.2) is 4.98 Å². The number of methoxy groups -OCH3 is 1. The lowest BCUT2D eigenvalue weighted by Gasteiger charge is -2.25. The Labute approximate surface area is 167 Å². The molecule has 2 aromatic heterocycles. The smallest absolute Gasteiger partial charge is 0.208 e. The van der Waals surface area contributed by atoms with Crippen molar-refractivity contribution in [3.05, 3.63) is 94.8 Å². The van der Waals surface area contributed by atoms with E-state index >= 15 is 0 Å². The molecule has 1 N–H and O–H groups in total.